The number of nitriles is 1. The second kappa shape index (κ2) is 9.53. The minimum atomic E-state index is -0.168. The third-order valence-electron chi connectivity index (χ3n) is 5.80. The number of fused-ring (bicyclic) bond motifs is 3. The Balaban J connectivity index is 1.45. The maximum atomic E-state index is 13.3. The van der Waals surface area contributed by atoms with E-state index in [0.717, 1.165) is 37.9 Å². The smallest absolute Gasteiger partial charge is 0.284 e. The van der Waals surface area contributed by atoms with Gasteiger partial charge in [-0.3, -0.25) is 9.59 Å². The van der Waals surface area contributed by atoms with Gasteiger partial charge in [-0.15, -0.1) is 5.10 Å². The van der Waals surface area contributed by atoms with Crippen LogP contribution in [0, 0.1) is 11.3 Å². The molecule has 3 heterocycles. The molecular weight excluding hydrogens is 448 g/mol. The Morgan fingerprint density at radius 1 is 1.09 bits per heavy atom. The molecule has 0 atom stereocenters. The van der Waals surface area contributed by atoms with Gasteiger partial charge in [0.05, 0.1) is 23.1 Å². The van der Waals surface area contributed by atoms with E-state index in [0.29, 0.717) is 33.5 Å². The molecule has 3 aliphatic heterocycles. The molecule has 0 saturated heterocycles. The van der Waals surface area contributed by atoms with E-state index >= 15 is 0 Å². The largest absolute Gasteiger partial charge is 0.325 e. The summed E-state index contributed by atoms with van der Waals surface area (Å²) in [4.78, 5) is 30.6. The lowest BCUT2D eigenvalue weighted by molar-refractivity contribution is -0.113. The van der Waals surface area contributed by atoms with Crippen molar-refractivity contribution in [3.8, 4) is 23.1 Å². The fraction of sp³-hybridized carbons (Fsp3) is 0.240. The highest BCUT2D eigenvalue weighted by Crippen LogP contribution is 2.30. The normalized spacial score (nSPS) is 13.1. The van der Waals surface area contributed by atoms with Crippen LogP contribution in [0.4, 0.5) is 5.69 Å². The van der Waals surface area contributed by atoms with Gasteiger partial charge in [0, 0.05) is 17.9 Å². The predicted molar refractivity (Wildman–Crippen MR) is 130 cm³/mol. The number of carbonyl (C=O) groups is 1. The number of nitrogens with zero attached hydrogens (tertiary/aromatic N) is 5. The van der Waals surface area contributed by atoms with Crippen LogP contribution in [-0.4, -0.2) is 31.0 Å². The molecule has 3 aliphatic rings. The maximum absolute atomic E-state index is 13.3. The predicted octanol–water partition coefficient (Wildman–Crippen LogP) is 3.86. The van der Waals surface area contributed by atoms with Gasteiger partial charge in [-0.2, -0.15) is 9.94 Å². The third kappa shape index (κ3) is 4.32. The Bertz CT molecular complexity index is 1400. The zero-order valence-electron chi connectivity index (χ0n) is 18.4. The summed E-state index contributed by atoms with van der Waals surface area (Å²) < 4.78 is 3.50. The fourth-order valence-corrected chi connectivity index (χ4v) is 5.00. The number of thioether (sulfide) groups is 1. The van der Waals surface area contributed by atoms with Gasteiger partial charge < -0.3 is 9.88 Å². The van der Waals surface area contributed by atoms with E-state index in [1.54, 1.807) is 24.3 Å². The summed E-state index contributed by atoms with van der Waals surface area (Å²) in [6, 6.07) is 18.1. The number of carbonyl (C=O) groups excluding carboxylic acids is 1. The number of hydrogen-bond donors (Lipinski definition) is 1. The summed E-state index contributed by atoms with van der Waals surface area (Å²) in [5, 5.41) is 17.0. The SMILES string of the molecule is N#Cc1ccc(NC(=O)CSc2nc3nn(-c4ccccc4)c(=O)c-3c3n2CCCCC3)cc1. The van der Waals surface area contributed by atoms with Crippen molar-refractivity contribution in [1.29, 1.82) is 5.26 Å². The summed E-state index contributed by atoms with van der Waals surface area (Å²) >= 11 is 1.34. The number of aromatic nitrogens is 4. The van der Waals surface area contributed by atoms with Gasteiger partial charge in [-0.05, 0) is 55.7 Å². The van der Waals surface area contributed by atoms with E-state index in [2.05, 4.69) is 21.1 Å². The molecule has 0 fully saturated rings. The summed E-state index contributed by atoms with van der Waals surface area (Å²) in [5.74, 6) is 0.414. The highest BCUT2D eigenvalue weighted by molar-refractivity contribution is 7.99. The second-order valence-corrected chi connectivity index (χ2v) is 9.02. The summed E-state index contributed by atoms with van der Waals surface area (Å²) in [5.41, 5.74) is 3.24. The van der Waals surface area contributed by atoms with Crippen LogP contribution in [0.2, 0.25) is 0 Å². The van der Waals surface area contributed by atoms with Gasteiger partial charge in [-0.25, -0.2) is 4.98 Å². The van der Waals surface area contributed by atoms with Crippen LogP contribution in [0.3, 0.4) is 0 Å². The summed E-state index contributed by atoms with van der Waals surface area (Å²) in [7, 11) is 0. The minimum absolute atomic E-state index is 0.158. The van der Waals surface area contributed by atoms with E-state index in [4.69, 9.17) is 10.2 Å². The van der Waals surface area contributed by atoms with Crippen LogP contribution in [0.25, 0.3) is 17.1 Å². The fourth-order valence-electron chi connectivity index (χ4n) is 4.16. The van der Waals surface area contributed by atoms with Crippen LogP contribution in [-0.2, 0) is 17.8 Å². The average molecular weight is 471 g/mol. The van der Waals surface area contributed by atoms with Gasteiger partial charge in [0.2, 0.25) is 5.91 Å². The molecule has 34 heavy (non-hydrogen) atoms. The Morgan fingerprint density at radius 3 is 2.65 bits per heavy atom. The first kappa shape index (κ1) is 21.9. The Labute approximate surface area is 200 Å². The number of benzene rings is 2. The van der Waals surface area contributed by atoms with Gasteiger partial charge in [0.15, 0.2) is 11.0 Å². The Morgan fingerprint density at radius 2 is 1.88 bits per heavy atom. The first-order valence-electron chi connectivity index (χ1n) is 11.1. The number of nitrogens with one attached hydrogen (secondary N) is 1. The standard InChI is InChI=1S/C25H22N6O2S/c26-15-17-10-12-18(13-11-17)27-21(32)16-34-25-28-23-22(20-9-5-2-6-14-30(20)25)24(33)31(29-23)19-7-3-1-4-8-19/h1,3-4,7-8,10-13H,2,5-6,9,14,16H2,(H,27,32). The quantitative estimate of drug-likeness (QED) is 0.351. The lowest BCUT2D eigenvalue weighted by Gasteiger charge is -2.17. The third-order valence-corrected chi connectivity index (χ3v) is 6.77. The average Bonchev–Trinajstić information content (AvgIpc) is 3.03. The van der Waals surface area contributed by atoms with E-state index < -0.39 is 0 Å². The molecule has 0 unspecified atom stereocenters. The van der Waals surface area contributed by atoms with Gasteiger partial charge in [0.25, 0.3) is 5.56 Å². The van der Waals surface area contributed by atoms with Crippen molar-refractivity contribution in [2.45, 2.75) is 37.4 Å². The zero-order chi connectivity index (χ0) is 23.5. The summed E-state index contributed by atoms with van der Waals surface area (Å²) in [6.07, 6.45) is 3.85. The highest BCUT2D eigenvalue weighted by Gasteiger charge is 2.27. The van der Waals surface area contributed by atoms with Crippen molar-refractivity contribution >= 4 is 23.4 Å². The molecule has 1 amide bonds. The molecule has 2 aromatic rings. The van der Waals surface area contributed by atoms with Crippen LogP contribution in [0.1, 0.15) is 30.5 Å². The molecule has 170 valence electrons. The molecule has 0 saturated carbocycles. The van der Waals surface area contributed by atoms with Gasteiger partial charge >= 0.3 is 0 Å². The van der Waals surface area contributed by atoms with Crippen molar-refractivity contribution in [2.75, 3.05) is 11.1 Å². The van der Waals surface area contributed by atoms with E-state index in [-0.39, 0.29) is 17.2 Å². The molecule has 0 aliphatic carbocycles. The number of para-hydroxylation sites is 1. The summed E-state index contributed by atoms with van der Waals surface area (Å²) in [6.45, 7) is 0.758. The number of rotatable bonds is 5. The monoisotopic (exact) mass is 470 g/mol. The van der Waals surface area contributed by atoms with Crippen LogP contribution in [0.15, 0.2) is 64.5 Å². The lowest BCUT2D eigenvalue weighted by Crippen LogP contribution is -2.20. The first-order valence-corrected chi connectivity index (χ1v) is 12.1. The first-order chi connectivity index (χ1) is 16.6. The molecule has 0 bridgehead atoms. The molecule has 9 heteroatoms. The minimum Gasteiger partial charge on any atom is -0.325 e. The maximum Gasteiger partial charge on any atom is 0.284 e. The van der Waals surface area contributed by atoms with Crippen molar-refractivity contribution in [3.63, 3.8) is 0 Å². The Kier molecular flexibility index (Phi) is 6.14. The van der Waals surface area contributed by atoms with Crippen molar-refractivity contribution < 1.29 is 4.79 Å². The van der Waals surface area contributed by atoms with Crippen molar-refractivity contribution in [1.82, 2.24) is 19.3 Å². The number of amides is 1. The molecule has 1 N–H and O–H groups in total. The molecule has 5 rings (SSSR count). The van der Waals surface area contributed by atoms with E-state index in [1.807, 2.05) is 30.3 Å². The molecule has 0 aromatic heterocycles. The molecule has 0 spiro atoms. The van der Waals surface area contributed by atoms with Crippen molar-refractivity contribution in [2.24, 2.45) is 0 Å². The topological polar surface area (TPSA) is 106 Å². The molecular formula is C25H22N6O2S. The number of hydrogen-bond acceptors (Lipinski definition) is 6. The van der Waals surface area contributed by atoms with E-state index in [9.17, 15) is 9.59 Å². The van der Waals surface area contributed by atoms with Gasteiger partial charge in [0.1, 0.15) is 5.56 Å². The lowest BCUT2D eigenvalue weighted by atomic mass is 10.1. The van der Waals surface area contributed by atoms with Gasteiger partial charge in [-0.1, -0.05) is 36.4 Å². The molecule has 2 aromatic carbocycles. The van der Waals surface area contributed by atoms with Crippen molar-refractivity contribution in [3.05, 3.63) is 76.2 Å². The van der Waals surface area contributed by atoms with Crippen LogP contribution >= 0.6 is 11.8 Å². The Hall–Kier alpha value is -3.90. The van der Waals surface area contributed by atoms with Crippen LogP contribution in [0.5, 0.6) is 0 Å². The highest BCUT2D eigenvalue weighted by atomic mass is 32.2. The molecule has 8 nitrogen and oxygen atoms in total. The number of anilines is 1. The zero-order valence-corrected chi connectivity index (χ0v) is 19.2. The second-order valence-electron chi connectivity index (χ2n) is 8.08. The molecule has 0 radical (unpaired) electrons. The van der Waals surface area contributed by atoms with Crippen LogP contribution < -0.4 is 10.9 Å². The van der Waals surface area contributed by atoms with E-state index in [1.165, 1.54) is 16.4 Å².